The van der Waals surface area contributed by atoms with E-state index in [2.05, 4.69) is 5.32 Å². The second-order valence-corrected chi connectivity index (χ2v) is 9.07. The number of hydrogen-bond donors (Lipinski definition) is 3. The van der Waals surface area contributed by atoms with Crippen LogP contribution in [0.25, 0.3) is 0 Å². The third-order valence-corrected chi connectivity index (χ3v) is 6.88. The largest absolute Gasteiger partial charge is 0.504 e. The van der Waals surface area contributed by atoms with E-state index in [0.29, 0.717) is 36.6 Å². The molecule has 3 N–H and O–H groups in total. The molecule has 2 aromatic rings. The summed E-state index contributed by atoms with van der Waals surface area (Å²) in [6.45, 7) is 4.11. The molecule has 2 amide bonds. The Labute approximate surface area is 194 Å². The van der Waals surface area contributed by atoms with Crippen molar-refractivity contribution in [3.8, 4) is 11.5 Å². The molecule has 1 aliphatic heterocycles. The van der Waals surface area contributed by atoms with Gasteiger partial charge in [-0.1, -0.05) is 25.0 Å². The number of benzene rings is 2. The van der Waals surface area contributed by atoms with Crippen LogP contribution in [0.1, 0.15) is 67.9 Å². The lowest BCUT2D eigenvalue weighted by molar-refractivity contribution is -0.115. The number of hydrogen-bond acceptors (Lipinski definition) is 5. The third-order valence-electron chi connectivity index (χ3n) is 6.88. The summed E-state index contributed by atoms with van der Waals surface area (Å²) in [5.41, 5.74) is 1.07. The van der Waals surface area contributed by atoms with E-state index < -0.39 is 5.60 Å². The number of phenols is 1. The topological polar surface area (TPSA) is 99.1 Å². The number of rotatable bonds is 5. The minimum Gasteiger partial charge on any atom is -0.504 e. The number of fused-ring (bicyclic) bond motifs is 1. The predicted molar refractivity (Wildman–Crippen MR) is 125 cm³/mol. The van der Waals surface area contributed by atoms with Crippen LogP contribution in [0.5, 0.6) is 11.5 Å². The van der Waals surface area contributed by atoms with Crippen molar-refractivity contribution in [2.45, 2.75) is 57.6 Å². The summed E-state index contributed by atoms with van der Waals surface area (Å²) in [6, 6.07) is 11.8. The van der Waals surface area contributed by atoms with E-state index in [9.17, 15) is 19.8 Å². The SMILES string of the molecule is CCOc1cc([C@H]2[C@@H]3CCCC[C@]3(O)CCN2C(=O)c2cccc(NC(C)=O)c2)ccc1O. The molecule has 3 atom stereocenters. The number of aromatic hydroxyl groups is 1. The number of likely N-dealkylation sites (tertiary alicyclic amines) is 1. The lowest BCUT2D eigenvalue weighted by Crippen LogP contribution is -2.56. The van der Waals surface area contributed by atoms with E-state index in [1.165, 1.54) is 6.92 Å². The van der Waals surface area contributed by atoms with Gasteiger partial charge in [-0.05, 0) is 62.1 Å². The van der Waals surface area contributed by atoms with Gasteiger partial charge in [-0.3, -0.25) is 9.59 Å². The van der Waals surface area contributed by atoms with E-state index in [0.717, 1.165) is 31.2 Å². The molecule has 176 valence electrons. The van der Waals surface area contributed by atoms with Gasteiger partial charge in [0.25, 0.3) is 5.91 Å². The number of aliphatic hydroxyl groups is 1. The van der Waals surface area contributed by atoms with Crippen molar-refractivity contribution in [3.05, 3.63) is 53.6 Å². The van der Waals surface area contributed by atoms with Crippen LogP contribution in [-0.2, 0) is 4.79 Å². The highest BCUT2D eigenvalue weighted by atomic mass is 16.5. The van der Waals surface area contributed by atoms with Gasteiger partial charge >= 0.3 is 0 Å². The Hall–Kier alpha value is -3.06. The maximum Gasteiger partial charge on any atom is 0.254 e. The van der Waals surface area contributed by atoms with Gasteiger partial charge in [-0.15, -0.1) is 0 Å². The van der Waals surface area contributed by atoms with Gasteiger partial charge in [0.15, 0.2) is 11.5 Å². The van der Waals surface area contributed by atoms with Crippen LogP contribution in [0, 0.1) is 5.92 Å². The van der Waals surface area contributed by atoms with Crippen molar-refractivity contribution >= 4 is 17.5 Å². The summed E-state index contributed by atoms with van der Waals surface area (Å²) in [5.74, 6) is -0.0289. The summed E-state index contributed by atoms with van der Waals surface area (Å²) < 4.78 is 5.61. The third kappa shape index (κ3) is 4.69. The monoisotopic (exact) mass is 452 g/mol. The van der Waals surface area contributed by atoms with Gasteiger partial charge in [0.05, 0.1) is 18.2 Å². The molecule has 1 heterocycles. The number of piperidine rings is 1. The van der Waals surface area contributed by atoms with Gasteiger partial charge in [0.1, 0.15) is 0 Å². The van der Waals surface area contributed by atoms with E-state index in [-0.39, 0.29) is 29.5 Å². The first-order valence-electron chi connectivity index (χ1n) is 11.7. The Balaban J connectivity index is 1.74. The van der Waals surface area contributed by atoms with E-state index >= 15 is 0 Å². The van der Waals surface area contributed by atoms with Crippen LogP contribution in [0.4, 0.5) is 5.69 Å². The molecule has 2 fully saturated rings. The predicted octanol–water partition coefficient (Wildman–Crippen LogP) is 4.26. The second kappa shape index (κ2) is 9.43. The van der Waals surface area contributed by atoms with Crippen LogP contribution in [0.2, 0.25) is 0 Å². The zero-order chi connectivity index (χ0) is 23.6. The Morgan fingerprint density at radius 2 is 2.00 bits per heavy atom. The molecule has 2 aromatic carbocycles. The van der Waals surface area contributed by atoms with Gasteiger partial charge < -0.3 is 25.2 Å². The first kappa shape index (κ1) is 23.1. The fourth-order valence-corrected chi connectivity index (χ4v) is 5.41. The van der Waals surface area contributed by atoms with E-state index in [4.69, 9.17) is 4.74 Å². The average Bonchev–Trinajstić information content (AvgIpc) is 2.79. The molecular weight excluding hydrogens is 420 g/mol. The van der Waals surface area contributed by atoms with Crippen molar-refractivity contribution < 1.29 is 24.5 Å². The van der Waals surface area contributed by atoms with Gasteiger partial charge in [0, 0.05) is 30.6 Å². The maximum atomic E-state index is 13.7. The number of nitrogens with zero attached hydrogens (tertiary/aromatic N) is 1. The molecule has 2 aliphatic rings. The zero-order valence-corrected chi connectivity index (χ0v) is 19.2. The Morgan fingerprint density at radius 3 is 2.76 bits per heavy atom. The minimum atomic E-state index is -0.818. The van der Waals surface area contributed by atoms with Crippen molar-refractivity contribution in [1.82, 2.24) is 4.90 Å². The summed E-state index contributed by atoms with van der Waals surface area (Å²) in [7, 11) is 0. The van der Waals surface area contributed by atoms with Crippen LogP contribution < -0.4 is 10.1 Å². The van der Waals surface area contributed by atoms with E-state index in [1.54, 1.807) is 36.4 Å². The van der Waals surface area contributed by atoms with E-state index in [1.807, 2.05) is 17.9 Å². The molecule has 33 heavy (non-hydrogen) atoms. The fraction of sp³-hybridized carbons (Fsp3) is 0.462. The molecule has 7 heteroatoms. The molecular formula is C26H32N2O5. The standard InChI is InChI=1S/C26H32N2O5/c1-3-33-23-16-18(10-11-22(23)30)24-21-9-4-5-12-26(21,32)13-14-28(24)25(31)19-7-6-8-20(15-19)27-17(2)29/h6-8,10-11,15-16,21,24,30,32H,3-5,9,12-14H2,1-2H3,(H,27,29)/t21-,24-,26-/m0/s1. The normalized spacial score (nSPS) is 24.6. The van der Waals surface area contributed by atoms with Crippen molar-refractivity contribution in [3.63, 3.8) is 0 Å². The average molecular weight is 453 g/mol. The molecule has 7 nitrogen and oxygen atoms in total. The quantitative estimate of drug-likeness (QED) is 0.630. The van der Waals surface area contributed by atoms with Gasteiger partial charge in [0.2, 0.25) is 5.91 Å². The number of nitrogens with one attached hydrogen (secondary N) is 1. The second-order valence-electron chi connectivity index (χ2n) is 9.07. The summed E-state index contributed by atoms with van der Waals surface area (Å²) in [5, 5.41) is 24.4. The Bertz CT molecular complexity index is 1040. The molecule has 4 rings (SSSR count). The first-order chi connectivity index (χ1) is 15.8. The number of carbonyl (C=O) groups is 2. The number of ether oxygens (including phenoxy) is 1. The summed E-state index contributed by atoms with van der Waals surface area (Å²) >= 11 is 0. The molecule has 1 saturated heterocycles. The smallest absolute Gasteiger partial charge is 0.254 e. The molecule has 0 bridgehead atoms. The lowest BCUT2D eigenvalue weighted by atomic mass is 9.66. The van der Waals surface area contributed by atoms with Crippen LogP contribution in [0.15, 0.2) is 42.5 Å². The molecule has 0 aromatic heterocycles. The molecule has 0 spiro atoms. The highest BCUT2D eigenvalue weighted by molar-refractivity contribution is 5.97. The van der Waals surface area contributed by atoms with Gasteiger partial charge in [-0.2, -0.15) is 0 Å². The Kier molecular flexibility index (Phi) is 6.61. The van der Waals surface area contributed by atoms with Gasteiger partial charge in [-0.25, -0.2) is 0 Å². The molecule has 1 aliphatic carbocycles. The number of carbonyl (C=O) groups excluding carboxylic acids is 2. The van der Waals surface area contributed by atoms with Crippen LogP contribution in [0.3, 0.4) is 0 Å². The molecule has 1 saturated carbocycles. The van der Waals surface area contributed by atoms with Crippen LogP contribution in [-0.4, -0.2) is 45.7 Å². The van der Waals surface area contributed by atoms with Crippen molar-refractivity contribution in [2.75, 3.05) is 18.5 Å². The molecule has 0 unspecified atom stereocenters. The molecule has 0 radical (unpaired) electrons. The number of anilines is 1. The summed E-state index contributed by atoms with van der Waals surface area (Å²) in [4.78, 5) is 27.0. The number of amides is 2. The highest BCUT2D eigenvalue weighted by Crippen LogP contribution is 2.50. The highest BCUT2D eigenvalue weighted by Gasteiger charge is 2.50. The zero-order valence-electron chi connectivity index (χ0n) is 19.2. The van der Waals surface area contributed by atoms with Crippen molar-refractivity contribution in [1.29, 1.82) is 0 Å². The number of phenolic OH excluding ortho intramolecular Hbond substituents is 1. The van der Waals surface area contributed by atoms with Crippen molar-refractivity contribution in [2.24, 2.45) is 5.92 Å². The minimum absolute atomic E-state index is 0.0520. The maximum absolute atomic E-state index is 13.7. The fourth-order valence-electron chi connectivity index (χ4n) is 5.41. The lowest BCUT2D eigenvalue weighted by Gasteiger charge is -2.52. The summed E-state index contributed by atoms with van der Waals surface area (Å²) in [6.07, 6.45) is 4.06. The Morgan fingerprint density at radius 1 is 1.18 bits per heavy atom. The van der Waals surface area contributed by atoms with Crippen LogP contribution >= 0.6 is 0 Å². The first-order valence-corrected chi connectivity index (χ1v) is 11.7.